The van der Waals surface area contributed by atoms with Gasteiger partial charge in [-0.3, -0.25) is 4.79 Å². The lowest BCUT2D eigenvalue weighted by molar-refractivity contribution is -0.170. The van der Waals surface area contributed by atoms with Crippen LogP contribution < -0.4 is 0 Å². The zero-order valence-corrected chi connectivity index (χ0v) is 20.6. The van der Waals surface area contributed by atoms with Crippen molar-refractivity contribution in [1.29, 1.82) is 0 Å². The maximum absolute atomic E-state index is 12.1. The highest BCUT2D eigenvalue weighted by Gasteiger charge is 2.71. The number of rotatable bonds is 3. The van der Waals surface area contributed by atoms with Crippen LogP contribution in [0.5, 0.6) is 0 Å². The fraction of sp³-hybridized carbons (Fsp3) is 0.955. The van der Waals surface area contributed by atoms with Crippen LogP contribution in [0.1, 0.15) is 79.1 Å². The third-order valence-electron chi connectivity index (χ3n) is 8.45. The van der Waals surface area contributed by atoms with Gasteiger partial charge in [-0.1, -0.05) is 45.7 Å². The van der Waals surface area contributed by atoms with Crippen molar-refractivity contribution in [2.75, 3.05) is 0 Å². The molecule has 6 heteroatoms. The van der Waals surface area contributed by atoms with E-state index in [9.17, 15) is 9.90 Å². The lowest BCUT2D eigenvalue weighted by atomic mass is 9.59. The van der Waals surface area contributed by atoms with Gasteiger partial charge >= 0.3 is 5.97 Å². The Hall–Kier alpha value is 0.350. The lowest BCUT2D eigenvalue weighted by Gasteiger charge is -2.50. The molecule has 160 valence electrons. The Kier molecular flexibility index (Phi) is 5.34. The van der Waals surface area contributed by atoms with Gasteiger partial charge in [0.15, 0.2) is 6.29 Å². The summed E-state index contributed by atoms with van der Waals surface area (Å²) >= 11 is 7.75. The van der Waals surface area contributed by atoms with E-state index in [1.54, 1.807) is 0 Å². The van der Waals surface area contributed by atoms with Crippen LogP contribution in [-0.2, 0) is 14.3 Å². The minimum Gasteiger partial charge on any atom is -0.459 e. The largest absolute Gasteiger partial charge is 0.459 e. The number of hydrogen-bond donors (Lipinski definition) is 1. The van der Waals surface area contributed by atoms with Gasteiger partial charge in [0.25, 0.3) is 0 Å². The predicted molar refractivity (Wildman–Crippen MR) is 116 cm³/mol. The van der Waals surface area contributed by atoms with Crippen LogP contribution in [0.4, 0.5) is 0 Å². The lowest BCUT2D eigenvalue weighted by Crippen LogP contribution is -2.52. The number of esters is 1. The zero-order valence-electron chi connectivity index (χ0n) is 17.5. The van der Waals surface area contributed by atoms with Crippen LogP contribution in [0.2, 0.25) is 0 Å². The van der Waals surface area contributed by atoms with E-state index >= 15 is 0 Å². The smallest absolute Gasteiger partial charge is 0.303 e. The summed E-state index contributed by atoms with van der Waals surface area (Å²) in [6.45, 7) is 8.27. The highest BCUT2D eigenvalue weighted by atomic mass is 79.9. The van der Waals surface area contributed by atoms with Gasteiger partial charge in [-0.15, -0.1) is 0 Å². The molecule has 1 aliphatic heterocycles. The number of alkyl halides is 2. The average molecular weight is 522 g/mol. The summed E-state index contributed by atoms with van der Waals surface area (Å²) in [6.07, 6.45) is 7.05. The van der Waals surface area contributed by atoms with Crippen molar-refractivity contribution in [3.8, 4) is 0 Å². The summed E-state index contributed by atoms with van der Waals surface area (Å²) in [5.41, 5.74) is -0.801. The number of aliphatic hydroxyl groups is 1. The molecule has 4 aliphatic rings. The quantitative estimate of drug-likeness (QED) is 0.403. The monoisotopic (exact) mass is 520 g/mol. The Labute approximate surface area is 185 Å². The van der Waals surface area contributed by atoms with Crippen LogP contribution >= 0.6 is 31.9 Å². The maximum Gasteiger partial charge on any atom is 0.303 e. The van der Waals surface area contributed by atoms with E-state index in [2.05, 4.69) is 52.6 Å². The van der Waals surface area contributed by atoms with E-state index < -0.39 is 11.9 Å². The minimum absolute atomic E-state index is 0.0768. The molecule has 4 nitrogen and oxygen atoms in total. The van der Waals surface area contributed by atoms with Gasteiger partial charge in [-0.05, 0) is 69.6 Å². The van der Waals surface area contributed by atoms with Crippen molar-refractivity contribution in [3.05, 3.63) is 0 Å². The molecule has 3 saturated carbocycles. The number of hydrogen-bond acceptors (Lipinski definition) is 4. The first-order chi connectivity index (χ1) is 12.9. The van der Waals surface area contributed by atoms with Gasteiger partial charge in [0.2, 0.25) is 0 Å². The first kappa shape index (κ1) is 21.6. The minimum atomic E-state index is -0.696. The number of carbonyl (C=O) groups is 1. The van der Waals surface area contributed by atoms with E-state index in [0.29, 0.717) is 21.5 Å². The first-order valence-corrected chi connectivity index (χ1v) is 12.6. The topological polar surface area (TPSA) is 55.8 Å². The fourth-order valence-electron chi connectivity index (χ4n) is 7.50. The summed E-state index contributed by atoms with van der Waals surface area (Å²) in [5, 5.41) is 10.9. The van der Waals surface area contributed by atoms with Gasteiger partial charge in [0.05, 0.1) is 5.60 Å². The number of carbonyl (C=O) groups excluding carboxylic acids is 1. The van der Waals surface area contributed by atoms with Crippen molar-refractivity contribution >= 4 is 37.8 Å². The predicted octanol–water partition coefficient (Wildman–Crippen LogP) is 5.33. The van der Waals surface area contributed by atoms with Crippen LogP contribution in [-0.4, -0.2) is 38.2 Å². The Bertz CT molecular complexity index is 654. The second kappa shape index (κ2) is 6.93. The summed E-state index contributed by atoms with van der Waals surface area (Å²) in [6, 6.07) is 0. The summed E-state index contributed by atoms with van der Waals surface area (Å²) in [5.74, 6) is 0.541. The second-order valence-electron chi connectivity index (χ2n) is 10.8. The normalized spacial score (nSPS) is 52.3. The Morgan fingerprint density at radius 1 is 1.11 bits per heavy atom. The van der Waals surface area contributed by atoms with E-state index in [-0.39, 0.29) is 22.4 Å². The van der Waals surface area contributed by atoms with E-state index in [4.69, 9.17) is 9.47 Å². The molecule has 2 unspecified atom stereocenters. The number of halogens is 2. The van der Waals surface area contributed by atoms with Gasteiger partial charge < -0.3 is 14.6 Å². The third kappa shape index (κ3) is 3.15. The molecule has 2 bridgehead atoms. The SMILES string of the molecule is CC(=O)O[C@]1(C[C@@H]2CC[C@]34C(O)OC(C)(CC[C@@H]3Br)[C@@H]24)CC[C@H](Br)C(C)(C)C1. The summed E-state index contributed by atoms with van der Waals surface area (Å²) in [4.78, 5) is 12.8. The Morgan fingerprint density at radius 2 is 1.79 bits per heavy atom. The molecule has 3 aliphatic carbocycles. The molecular weight excluding hydrogens is 488 g/mol. The van der Waals surface area contributed by atoms with Gasteiger partial charge in [-0.2, -0.15) is 0 Å². The molecule has 0 radical (unpaired) electrons. The molecule has 0 aromatic rings. The van der Waals surface area contributed by atoms with Crippen molar-refractivity contribution in [2.24, 2.45) is 22.7 Å². The van der Waals surface area contributed by atoms with Crippen molar-refractivity contribution in [1.82, 2.24) is 0 Å². The van der Waals surface area contributed by atoms with Gasteiger partial charge in [0, 0.05) is 27.9 Å². The van der Waals surface area contributed by atoms with Crippen molar-refractivity contribution in [2.45, 2.75) is 106 Å². The fourth-order valence-corrected chi connectivity index (χ4v) is 8.86. The van der Waals surface area contributed by atoms with Gasteiger partial charge in [-0.25, -0.2) is 0 Å². The van der Waals surface area contributed by atoms with Crippen LogP contribution in [0.3, 0.4) is 0 Å². The second-order valence-corrected chi connectivity index (χ2v) is 13.0. The van der Waals surface area contributed by atoms with Crippen LogP contribution in [0.25, 0.3) is 0 Å². The zero-order chi connectivity index (χ0) is 20.5. The van der Waals surface area contributed by atoms with Crippen LogP contribution in [0.15, 0.2) is 0 Å². The number of aliphatic hydroxyl groups excluding tert-OH is 1. The summed E-state index contributed by atoms with van der Waals surface area (Å²) < 4.78 is 12.3. The molecule has 28 heavy (non-hydrogen) atoms. The maximum atomic E-state index is 12.1. The Morgan fingerprint density at radius 3 is 2.43 bits per heavy atom. The molecule has 4 rings (SSSR count). The first-order valence-electron chi connectivity index (χ1n) is 10.8. The summed E-state index contributed by atoms with van der Waals surface area (Å²) in [7, 11) is 0. The van der Waals surface area contributed by atoms with Crippen molar-refractivity contribution in [3.63, 3.8) is 0 Å². The van der Waals surface area contributed by atoms with E-state index in [1.165, 1.54) is 6.92 Å². The number of ether oxygens (including phenoxy) is 2. The molecular formula is C22H34Br2O4. The van der Waals surface area contributed by atoms with E-state index in [0.717, 1.165) is 51.4 Å². The highest BCUT2D eigenvalue weighted by molar-refractivity contribution is 9.09. The molecule has 1 heterocycles. The molecule has 8 atom stereocenters. The van der Waals surface area contributed by atoms with Crippen molar-refractivity contribution < 1.29 is 19.4 Å². The highest BCUT2D eigenvalue weighted by Crippen LogP contribution is 2.69. The Balaban J connectivity index is 1.64. The molecule has 0 spiro atoms. The van der Waals surface area contributed by atoms with Gasteiger partial charge in [0.1, 0.15) is 5.60 Å². The molecule has 0 aromatic heterocycles. The van der Waals surface area contributed by atoms with E-state index in [1.807, 2.05) is 0 Å². The molecule has 1 saturated heterocycles. The molecule has 0 aromatic carbocycles. The molecule has 4 fully saturated rings. The molecule has 0 amide bonds. The standard InChI is InChI=1S/C22H34Br2O4/c1-13(25)27-21(9-7-15(23)19(2,3)12-21)11-14-5-10-22-16(24)6-8-20(4,17(14)22)28-18(22)26/h14-18,26H,5-12H2,1-4H3/t14-,15-,16-,17+,18?,20?,21-,22-/m0/s1. The molecule has 1 N–H and O–H groups in total. The average Bonchev–Trinajstić information content (AvgIpc) is 3.03. The van der Waals surface area contributed by atoms with Crippen LogP contribution in [0, 0.1) is 22.7 Å². The third-order valence-corrected chi connectivity index (χ3v) is 11.5.